The van der Waals surface area contributed by atoms with E-state index in [1.54, 1.807) is 11.0 Å². The lowest BCUT2D eigenvalue weighted by atomic mass is 9.84. The molecular weight excluding hydrogens is 166 g/mol. The van der Waals surface area contributed by atoms with Crippen LogP contribution in [0, 0.1) is 5.41 Å². The van der Waals surface area contributed by atoms with Crippen molar-refractivity contribution in [3.8, 4) is 0 Å². The molecule has 13 heavy (non-hydrogen) atoms. The molecule has 0 saturated carbocycles. The highest BCUT2D eigenvalue weighted by Crippen LogP contribution is 2.25. The van der Waals surface area contributed by atoms with Gasteiger partial charge in [0.05, 0.1) is 12.6 Å². The Bertz CT molecular complexity index is 243. The van der Waals surface area contributed by atoms with Gasteiger partial charge in [-0.05, 0) is 11.8 Å². The Morgan fingerprint density at radius 3 is 2.69 bits per heavy atom. The number of hydrogen-bond donors (Lipinski definition) is 1. The van der Waals surface area contributed by atoms with Gasteiger partial charge in [0.25, 0.3) is 0 Å². The maximum absolute atomic E-state index is 9.86. The predicted molar refractivity (Wildman–Crippen MR) is 50.1 cm³/mol. The predicted octanol–water partition coefficient (Wildman–Crippen LogP) is 1.08. The second kappa shape index (κ2) is 3.87. The average Bonchev–Trinajstić information content (AvgIpc) is 2.57. The van der Waals surface area contributed by atoms with E-state index < -0.39 is 0 Å². The number of aliphatic hydroxyl groups is 1. The lowest BCUT2D eigenvalue weighted by Crippen LogP contribution is -2.32. The summed E-state index contributed by atoms with van der Waals surface area (Å²) in [6.45, 7) is 6.69. The van der Waals surface area contributed by atoms with Crippen LogP contribution in [0.2, 0.25) is 0 Å². The largest absolute Gasteiger partial charge is 0.391 e. The first kappa shape index (κ1) is 10.2. The summed E-state index contributed by atoms with van der Waals surface area (Å²) in [5, 5.41) is 13.8. The maximum Gasteiger partial charge on any atom is 0.137 e. The fourth-order valence-electron chi connectivity index (χ4n) is 0.987. The SMILES string of the molecule is CCC(C)(C)C(O)Cn1cncn1. The van der Waals surface area contributed by atoms with E-state index in [2.05, 4.69) is 30.9 Å². The normalized spacial score (nSPS) is 14.5. The average molecular weight is 183 g/mol. The van der Waals surface area contributed by atoms with Gasteiger partial charge in [-0.3, -0.25) is 4.68 Å². The van der Waals surface area contributed by atoms with Gasteiger partial charge in [0.15, 0.2) is 0 Å². The molecule has 74 valence electrons. The van der Waals surface area contributed by atoms with E-state index in [1.165, 1.54) is 6.33 Å². The van der Waals surface area contributed by atoms with Crippen molar-refractivity contribution in [2.24, 2.45) is 5.41 Å². The fraction of sp³-hybridized carbons (Fsp3) is 0.778. The summed E-state index contributed by atoms with van der Waals surface area (Å²) in [6.07, 6.45) is 3.67. The number of hydrogen-bond acceptors (Lipinski definition) is 3. The topological polar surface area (TPSA) is 50.9 Å². The third-order valence-corrected chi connectivity index (χ3v) is 2.64. The zero-order chi connectivity index (χ0) is 9.90. The van der Waals surface area contributed by atoms with Crippen molar-refractivity contribution in [3.63, 3.8) is 0 Å². The van der Waals surface area contributed by atoms with Crippen LogP contribution in [0.15, 0.2) is 12.7 Å². The van der Waals surface area contributed by atoms with Crippen LogP contribution in [0.4, 0.5) is 0 Å². The van der Waals surface area contributed by atoms with Crippen LogP contribution >= 0.6 is 0 Å². The standard InChI is InChI=1S/C9H17N3O/c1-4-9(2,3)8(13)5-12-7-10-6-11-12/h6-8,13H,4-5H2,1-3H3. The van der Waals surface area contributed by atoms with Crippen LogP contribution in [0.25, 0.3) is 0 Å². The molecule has 0 aliphatic carbocycles. The van der Waals surface area contributed by atoms with E-state index in [1.807, 2.05) is 0 Å². The van der Waals surface area contributed by atoms with Crippen molar-refractivity contribution < 1.29 is 5.11 Å². The molecule has 0 spiro atoms. The number of aliphatic hydroxyl groups excluding tert-OH is 1. The van der Waals surface area contributed by atoms with Crippen molar-refractivity contribution in [1.29, 1.82) is 0 Å². The van der Waals surface area contributed by atoms with Gasteiger partial charge in [0.1, 0.15) is 12.7 Å². The molecule has 4 nitrogen and oxygen atoms in total. The van der Waals surface area contributed by atoms with Crippen molar-refractivity contribution in [2.75, 3.05) is 0 Å². The molecule has 1 aromatic heterocycles. The molecule has 1 rings (SSSR count). The van der Waals surface area contributed by atoms with Crippen LogP contribution in [0.3, 0.4) is 0 Å². The van der Waals surface area contributed by atoms with Gasteiger partial charge >= 0.3 is 0 Å². The Balaban J connectivity index is 2.55. The summed E-state index contributed by atoms with van der Waals surface area (Å²) < 4.78 is 1.65. The quantitative estimate of drug-likeness (QED) is 0.759. The molecule has 1 aromatic rings. The first-order valence-corrected chi connectivity index (χ1v) is 4.56. The zero-order valence-corrected chi connectivity index (χ0v) is 8.44. The summed E-state index contributed by atoms with van der Waals surface area (Å²) in [6, 6.07) is 0. The van der Waals surface area contributed by atoms with E-state index in [-0.39, 0.29) is 11.5 Å². The van der Waals surface area contributed by atoms with Gasteiger partial charge in [-0.2, -0.15) is 5.10 Å². The van der Waals surface area contributed by atoms with Crippen molar-refractivity contribution in [3.05, 3.63) is 12.7 Å². The Morgan fingerprint density at radius 2 is 2.23 bits per heavy atom. The highest BCUT2D eigenvalue weighted by Gasteiger charge is 2.25. The summed E-state index contributed by atoms with van der Waals surface area (Å²) in [7, 11) is 0. The second-order valence-corrected chi connectivity index (χ2v) is 3.98. The molecule has 0 fully saturated rings. The molecule has 1 heterocycles. The van der Waals surface area contributed by atoms with Gasteiger partial charge in [-0.25, -0.2) is 4.98 Å². The minimum Gasteiger partial charge on any atom is -0.391 e. The highest BCUT2D eigenvalue weighted by atomic mass is 16.3. The van der Waals surface area contributed by atoms with Crippen molar-refractivity contribution in [2.45, 2.75) is 39.8 Å². The first-order valence-electron chi connectivity index (χ1n) is 4.56. The molecule has 0 aliphatic rings. The molecule has 1 atom stereocenters. The summed E-state index contributed by atoms with van der Waals surface area (Å²) in [5.74, 6) is 0. The molecule has 0 radical (unpaired) electrons. The van der Waals surface area contributed by atoms with E-state index in [9.17, 15) is 5.11 Å². The monoisotopic (exact) mass is 183 g/mol. The Morgan fingerprint density at radius 1 is 1.54 bits per heavy atom. The van der Waals surface area contributed by atoms with Crippen LogP contribution in [-0.4, -0.2) is 26.0 Å². The van der Waals surface area contributed by atoms with Gasteiger partial charge in [0.2, 0.25) is 0 Å². The molecule has 0 saturated heterocycles. The van der Waals surface area contributed by atoms with E-state index in [4.69, 9.17) is 0 Å². The third kappa shape index (κ3) is 2.52. The van der Waals surface area contributed by atoms with Crippen molar-refractivity contribution in [1.82, 2.24) is 14.8 Å². The van der Waals surface area contributed by atoms with Crippen LogP contribution < -0.4 is 0 Å². The fourth-order valence-corrected chi connectivity index (χ4v) is 0.987. The Labute approximate surface area is 78.6 Å². The Kier molecular flexibility index (Phi) is 3.03. The lowest BCUT2D eigenvalue weighted by Gasteiger charge is -2.28. The van der Waals surface area contributed by atoms with E-state index in [0.717, 1.165) is 6.42 Å². The van der Waals surface area contributed by atoms with Gasteiger partial charge < -0.3 is 5.11 Å². The smallest absolute Gasteiger partial charge is 0.137 e. The van der Waals surface area contributed by atoms with Crippen LogP contribution in [0.5, 0.6) is 0 Å². The number of aromatic nitrogens is 3. The zero-order valence-electron chi connectivity index (χ0n) is 8.44. The molecule has 1 N–H and O–H groups in total. The summed E-state index contributed by atoms with van der Waals surface area (Å²) in [5.41, 5.74) is -0.0635. The summed E-state index contributed by atoms with van der Waals surface area (Å²) in [4.78, 5) is 3.82. The van der Waals surface area contributed by atoms with Crippen LogP contribution in [-0.2, 0) is 6.54 Å². The van der Waals surface area contributed by atoms with Gasteiger partial charge in [0, 0.05) is 0 Å². The highest BCUT2D eigenvalue weighted by molar-refractivity contribution is 4.76. The number of rotatable bonds is 4. The summed E-state index contributed by atoms with van der Waals surface area (Å²) >= 11 is 0. The van der Waals surface area contributed by atoms with E-state index >= 15 is 0 Å². The second-order valence-electron chi connectivity index (χ2n) is 3.98. The Hall–Kier alpha value is -0.900. The minimum atomic E-state index is -0.376. The van der Waals surface area contributed by atoms with Gasteiger partial charge in [-0.1, -0.05) is 20.8 Å². The van der Waals surface area contributed by atoms with Crippen LogP contribution in [0.1, 0.15) is 27.2 Å². The van der Waals surface area contributed by atoms with Gasteiger partial charge in [-0.15, -0.1) is 0 Å². The molecule has 0 aliphatic heterocycles. The molecule has 0 aromatic carbocycles. The number of nitrogens with zero attached hydrogens (tertiary/aromatic N) is 3. The molecule has 1 unspecified atom stereocenters. The third-order valence-electron chi connectivity index (χ3n) is 2.64. The molecule has 0 bridgehead atoms. The maximum atomic E-state index is 9.86. The molecule has 0 amide bonds. The molecule has 4 heteroatoms. The van der Waals surface area contributed by atoms with Crippen molar-refractivity contribution >= 4 is 0 Å². The van der Waals surface area contributed by atoms with E-state index in [0.29, 0.717) is 6.54 Å². The molecular formula is C9H17N3O. The first-order chi connectivity index (χ1) is 6.06. The minimum absolute atomic E-state index is 0.0635. The lowest BCUT2D eigenvalue weighted by molar-refractivity contribution is 0.0306.